The molecule has 0 spiro atoms. The second-order valence-electron chi connectivity index (χ2n) is 9.29. The van der Waals surface area contributed by atoms with Gasteiger partial charge in [-0.05, 0) is 46.8 Å². The van der Waals surface area contributed by atoms with Crippen LogP contribution in [0.4, 0.5) is 0 Å². The molecule has 33 heavy (non-hydrogen) atoms. The minimum atomic E-state index is -0.519. The summed E-state index contributed by atoms with van der Waals surface area (Å²) in [5.41, 5.74) is 2.93. The van der Waals surface area contributed by atoms with Crippen molar-refractivity contribution in [2.75, 3.05) is 13.4 Å². The molecular weight excluding hydrogens is 432 g/mol. The number of nitrogens with zero attached hydrogens (tertiary/aromatic N) is 1. The topological polar surface area (TPSA) is 41.9 Å². The molecule has 0 amide bonds. The second-order valence-corrected chi connectivity index (χ2v) is 10.2. The maximum atomic E-state index is 6.36. The van der Waals surface area contributed by atoms with Crippen molar-refractivity contribution in [3.05, 3.63) is 47.8 Å². The molecular formula is C25H27B2NO4S. The highest BCUT2D eigenvalue weighted by Crippen LogP contribution is 2.40. The summed E-state index contributed by atoms with van der Waals surface area (Å²) < 4.78 is 27.6. The molecule has 1 fully saturated rings. The minimum absolute atomic E-state index is 0.150. The normalized spacial score (nSPS) is 17.3. The van der Waals surface area contributed by atoms with Crippen LogP contribution >= 0.6 is 11.3 Å². The quantitative estimate of drug-likeness (QED) is 0.245. The zero-order valence-corrected chi connectivity index (χ0v) is 20.5. The molecule has 3 heterocycles. The number of benzene rings is 2. The molecule has 2 aromatic heterocycles. The molecule has 0 saturated carbocycles. The van der Waals surface area contributed by atoms with Gasteiger partial charge in [0.1, 0.15) is 7.85 Å². The molecule has 168 valence electrons. The minimum Gasteiger partial charge on any atom is -0.465 e. The summed E-state index contributed by atoms with van der Waals surface area (Å²) in [7, 11) is 5.61. The molecule has 1 aliphatic rings. The maximum absolute atomic E-state index is 6.36. The number of aromatic nitrogens is 1. The van der Waals surface area contributed by atoms with Crippen LogP contribution < -0.4 is 15.0 Å². The highest BCUT2D eigenvalue weighted by atomic mass is 32.1. The van der Waals surface area contributed by atoms with Crippen molar-refractivity contribution in [2.45, 2.75) is 45.8 Å². The molecule has 1 aliphatic heterocycles. The third-order valence-corrected chi connectivity index (χ3v) is 7.62. The van der Waals surface area contributed by atoms with E-state index in [0.717, 1.165) is 37.7 Å². The van der Waals surface area contributed by atoms with E-state index in [1.54, 1.807) is 11.3 Å². The first-order valence-corrected chi connectivity index (χ1v) is 12.1. The van der Waals surface area contributed by atoms with Gasteiger partial charge in [-0.3, -0.25) is 0 Å². The van der Waals surface area contributed by atoms with Gasteiger partial charge in [0.05, 0.1) is 32.7 Å². The molecule has 0 aliphatic carbocycles. The van der Waals surface area contributed by atoms with Crippen LogP contribution in [0.1, 0.15) is 34.6 Å². The van der Waals surface area contributed by atoms with E-state index in [4.69, 9.17) is 26.6 Å². The summed E-state index contributed by atoms with van der Waals surface area (Å²) in [6.07, 6.45) is 0. The standard InChI is InChI=1S/C25H27B2NO4S/c1-6-29-15-30-22-21(14-33-23(22)27-31-24(2,3)25(4,5)32-27)28-19-10-8-7-9-17(19)18-13-16(26)11-12-20(18)28/h7-14H,6,15H2,1-5H3. The van der Waals surface area contributed by atoms with Crippen LogP contribution in [0.3, 0.4) is 0 Å². The Balaban J connectivity index is 1.70. The molecule has 2 aromatic carbocycles. The van der Waals surface area contributed by atoms with Crippen LogP contribution in [-0.2, 0) is 14.0 Å². The smallest absolute Gasteiger partial charge is 0.465 e. The van der Waals surface area contributed by atoms with Gasteiger partial charge in [-0.2, -0.15) is 0 Å². The molecule has 4 aromatic rings. The van der Waals surface area contributed by atoms with Crippen LogP contribution in [0, 0.1) is 0 Å². The molecule has 0 unspecified atom stereocenters. The van der Waals surface area contributed by atoms with Crippen molar-refractivity contribution in [3.8, 4) is 11.4 Å². The Labute approximate surface area is 200 Å². The molecule has 0 atom stereocenters. The zero-order chi connectivity index (χ0) is 23.4. The third-order valence-electron chi connectivity index (χ3n) is 6.65. The average Bonchev–Trinajstić information content (AvgIpc) is 3.38. The van der Waals surface area contributed by atoms with Crippen molar-refractivity contribution in [1.82, 2.24) is 4.57 Å². The van der Waals surface area contributed by atoms with E-state index in [1.165, 1.54) is 0 Å². The predicted octanol–water partition coefficient (Wildman–Crippen LogP) is 4.31. The monoisotopic (exact) mass is 459 g/mol. The van der Waals surface area contributed by atoms with Crippen LogP contribution in [-0.4, -0.2) is 44.1 Å². The fourth-order valence-electron chi connectivity index (χ4n) is 4.20. The van der Waals surface area contributed by atoms with E-state index in [0.29, 0.717) is 12.4 Å². The number of hydrogen-bond acceptors (Lipinski definition) is 5. The van der Waals surface area contributed by atoms with Gasteiger partial charge >= 0.3 is 7.12 Å². The van der Waals surface area contributed by atoms with E-state index in [2.05, 4.69) is 55.8 Å². The van der Waals surface area contributed by atoms with Crippen molar-refractivity contribution in [3.63, 3.8) is 0 Å². The largest absolute Gasteiger partial charge is 0.509 e. The molecule has 0 bridgehead atoms. The van der Waals surface area contributed by atoms with E-state index >= 15 is 0 Å². The van der Waals surface area contributed by atoms with Gasteiger partial charge in [-0.15, -0.1) is 11.3 Å². The summed E-state index contributed by atoms with van der Waals surface area (Å²) in [6, 6.07) is 14.3. The number of rotatable bonds is 6. The van der Waals surface area contributed by atoms with Crippen LogP contribution in [0.2, 0.25) is 0 Å². The second kappa shape index (κ2) is 8.20. The summed E-state index contributed by atoms with van der Waals surface area (Å²) in [6.45, 7) is 10.9. The molecule has 1 saturated heterocycles. The van der Waals surface area contributed by atoms with Gasteiger partial charge in [-0.25, -0.2) is 0 Å². The summed E-state index contributed by atoms with van der Waals surface area (Å²) >= 11 is 1.58. The Morgan fingerprint density at radius 2 is 1.70 bits per heavy atom. The lowest BCUT2D eigenvalue weighted by molar-refractivity contribution is 0.00578. The summed E-state index contributed by atoms with van der Waals surface area (Å²) in [5, 5.41) is 4.34. The average molecular weight is 459 g/mol. The number of thiophene rings is 1. The predicted molar refractivity (Wildman–Crippen MR) is 137 cm³/mol. The molecule has 5 nitrogen and oxygen atoms in total. The molecule has 2 radical (unpaired) electrons. The first-order valence-electron chi connectivity index (χ1n) is 11.2. The van der Waals surface area contributed by atoms with Crippen molar-refractivity contribution >= 4 is 58.3 Å². The molecule has 5 rings (SSSR count). The summed E-state index contributed by atoms with van der Waals surface area (Å²) in [4.78, 5) is 0. The number of ether oxygens (including phenoxy) is 2. The van der Waals surface area contributed by atoms with Crippen LogP contribution in [0.15, 0.2) is 47.8 Å². The fraction of sp³-hybridized carbons (Fsp3) is 0.360. The van der Waals surface area contributed by atoms with Crippen molar-refractivity contribution < 1.29 is 18.8 Å². The molecule has 0 N–H and O–H groups in total. The van der Waals surface area contributed by atoms with Crippen molar-refractivity contribution in [1.29, 1.82) is 0 Å². The summed E-state index contributed by atoms with van der Waals surface area (Å²) in [5.74, 6) is 0.714. The number of para-hydroxylation sites is 1. The molecule has 8 heteroatoms. The van der Waals surface area contributed by atoms with Gasteiger partial charge in [0.2, 0.25) is 0 Å². The lowest BCUT2D eigenvalue weighted by atomic mass is 9.87. The van der Waals surface area contributed by atoms with Gasteiger partial charge in [-0.1, -0.05) is 35.8 Å². The maximum Gasteiger partial charge on any atom is 0.509 e. The third kappa shape index (κ3) is 3.69. The van der Waals surface area contributed by atoms with Gasteiger partial charge < -0.3 is 23.3 Å². The Bertz CT molecular complexity index is 1310. The zero-order valence-electron chi connectivity index (χ0n) is 19.7. The first-order chi connectivity index (χ1) is 15.7. The van der Waals surface area contributed by atoms with Crippen molar-refractivity contribution in [2.24, 2.45) is 0 Å². The lowest BCUT2D eigenvalue weighted by Crippen LogP contribution is -2.41. The Morgan fingerprint density at radius 3 is 2.42 bits per heavy atom. The van der Waals surface area contributed by atoms with Crippen LogP contribution in [0.25, 0.3) is 27.5 Å². The SMILES string of the molecule is [B]c1ccc2c(c1)c1ccccc1n2-c1csc(B2OC(C)(C)C(C)(C)O2)c1OCOCC. The van der Waals surface area contributed by atoms with E-state index in [1.807, 2.05) is 31.2 Å². The van der Waals surface area contributed by atoms with Gasteiger partial charge in [0, 0.05) is 22.8 Å². The highest BCUT2D eigenvalue weighted by molar-refractivity contribution is 7.21. The lowest BCUT2D eigenvalue weighted by Gasteiger charge is -2.32. The van der Waals surface area contributed by atoms with E-state index in [-0.39, 0.29) is 6.79 Å². The number of fused-ring (bicyclic) bond motifs is 3. The first kappa shape index (κ1) is 22.5. The number of hydrogen-bond donors (Lipinski definition) is 0. The van der Waals surface area contributed by atoms with Gasteiger partial charge in [0.15, 0.2) is 12.5 Å². The van der Waals surface area contributed by atoms with E-state index < -0.39 is 18.3 Å². The Morgan fingerprint density at radius 1 is 1.00 bits per heavy atom. The Kier molecular flexibility index (Phi) is 5.60. The fourth-order valence-corrected chi connectivity index (χ4v) is 5.13. The Hall–Kier alpha value is -2.25. The highest BCUT2D eigenvalue weighted by Gasteiger charge is 2.53. The van der Waals surface area contributed by atoms with Crippen LogP contribution in [0.5, 0.6) is 5.75 Å². The van der Waals surface area contributed by atoms with E-state index in [9.17, 15) is 0 Å². The van der Waals surface area contributed by atoms with Gasteiger partial charge in [0.25, 0.3) is 0 Å².